The van der Waals surface area contributed by atoms with Gasteiger partial charge in [-0.25, -0.2) is 9.37 Å². The number of halogens is 1. The summed E-state index contributed by atoms with van der Waals surface area (Å²) in [6.45, 7) is 0.656. The molecule has 4 heterocycles. The Morgan fingerprint density at radius 2 is 2.03 bits per heavy atom. The predicted molar refractivity (Wildman–Crippen MR) is 125 cm³/mol. The minimum absolute atomic E-state index is 0.217. The second-order valence-electron chi connectivity index (χ2n) is 7.49. The number of nitrogens with zero attached hydrogens (tertiary/aromatic N) is 5. The van der Waals surface area contributed by atoms with Crippen LogP contribution in [0.1, 0.15) is 6.17 Å². The molecular weight excluding hydrogens is 459 g/mol. The molecule has 1 atom stereocenters. The van der Waals surface area contributed by atoms with Crippen LogP contribution in [0.2, 0.25) is 0 Å². The number of aromatic nitrogens is 5. The fourth-order valence-corrected chi connectivity index (χ4v) is 3.24. The van der Waals surface area contributed by atoms with Gasteiger partial charge in [-0.15, -0.1) is 0 Å². The van der Waals surface area contributed by atoms with E-state index in [1.165, 1.54) is 30.7 Å². The van der Waals surface area contributed by atoms with Crippen LogP contribution in [0.25, 0.3) is 22.0 Å². The standard InChI is InChI=1S/C22H23FN8O4/c1-30-12-14(10-27-30)13-7-17(23)20(26-9-13)28-29-21(32)19(24)31-4-3-18-16(22(31)33)8-15(11-25-18)35-6-5-34-2/h3-4,7-12,19H,5-6,24H2,1-2H3,(H,26,28)(H,29,32)/t19-/m0/s1. The molecule has 1 amide bonds. The third kappa shape index (κ3) is 5.26. The summed E-state index contributed by atoms with van der Waals surface area (Å²) in [5, 5.41) is 4.26. The van der Waals surface area contributed by atoms with Crippen molar-refractivity contribution in [3.8, 4) is 16.9 Å². The average molecular weight is 482 g/mol. The Kier molecular flexibility index (Phi) is 6.98. The molecule has 182 valence electrons. The highest BCUT2D eigenvalue weighted by molar-refractivity contribution is 5.82. The molecule has 4 aromatic rings. The lowest BCUT2D eigenvalue weighted by molar-refractivity contribution is -0.123. The Bertz CT molecular complexity index is 1420. The topological polar surface area (TPSA) is 151 Å². The van der Waals surface area contributed by atoms with E-state index in [-0.39, 0.29) is 17.8 Å². The molecule has 4 aromatic heterocycles. The molecule has 4 rings (SSSR count). The van der Waals surface area contributed by atoms with Crippen molar-refractivity contribution in [1.82, 2.24) is 29.7 Å². The van der Waals surface area contributed by atoms with Gasteiger partial charge in [-0.05, 0) is 18.2 Å². The third-order valence-electron chi connectivity index (χ3n) is 5.06. The normalized spacial score (nSPS) is 11.9. The van der Waals surface area contributed by atoms with Gasteiger partial charge in [0.2, 0.25) is 0 Å². The van der Waals surface area contributed by atoms with E-state index in [1.54, 1.807) is 37.3 Å². The first-order chi connectivity index (χ1) is 16.9. The SMILES string of the molecule is COCCOc1cnc2ccn([C@H](N)C(=O)NNc3ncc(-c4cnn(C)c4)cc3F)c(=O)c2c1. The van der Waals surface area contributed by atoms with Crippen molar-refractivity contribution in [1.29, 1.82) is 0 Å². The summed E-state index contributed by atoms with van der Waals surface area (Å²) in [7, 11) is 3.29. The summed E-state index contributed by atoms with van der Waals surface area (Å²) >= 11 is 0. The van der Waals surface area contributed by atoms with Gasteiger partial charge < -0.3 is 15.2 Å². The van der Waals surface area contributed by atoms with Crippen LogP contribution in [0.5, 0.6) is 5.75 Å². The molecule has 0 aromatic carbocycles. The number of hydrogen-bond donors (Lipinski definition) is 3. The van der Waals surface area contributed by atoms with Gasteiger partial charge in [-0.1, -0.05) is 0 Å². The second kappa shape index (κ2) is 10.3. The zero-order chi connectivity index (χ0) is 24.9. The van der Waals surface area contributed by atoms with E-state index in [4.69, 9.17) is 15.2 Å². The Labute approximate surface area is 198 Å². The Morgan fingerprint density at radius 3 is 2.74 bits per heavy atom. The molecule has 0 saturated heterocycles. The number of rotatable bonds is 9. The largest absolute Gasteiger partial charge is 0.490 e. The molecule has 35 heavy (non-hydrogen) atoms. The van der Waals surface area contributed by atoms with Crippen LogP contribution in [0.15, 0.2) is 54.0 Å². The van der Waals surface area contributed by atoms with E-state index in [0.717, 1.165) is 4.57 Å². The Balaban J connectivity index is 1.46. The summed E-state index contributed by atoms with van der Waals surface area (Å²) in [5.41, 5.74) is 11.7. The summed E-state index contributed by atoms with van der Waals surface area (Å²) in [6.07, 6.45) is 6.16. The van der Waals surface area contributed by atoms with E-state index in [2.05, 4.69) is 25.9 Å². The molecule has 0 fully saturated rings. The number of methoxy groups -OCH3 is 1. The summed E-state index contributed by atoms with van der Waals surface area (Å²) in [4.78, 5) is 33.7. The van der Waals surface area contributed by atoms with Gasteiger partial charge in [0.15, 0.2) is 17.8 Å². The third-order valence-corrected chi connectivity index (χ3v) is 5.06. The second-order valence-corrected chi connectivity index (χ2v) is 7.49. The lowest BCUT2D eigenvalue weighted by Crippen LogP contribution is -2.44. The van der Waals surface area contributed by atoms with Crippen molar-refractivity contribution in [3.63, 3.8) is 0 Å². The Hall–Kier alpha value is -4.36. The number of carbonyl (C=O) groups is 1. The number of hydrazine groups is 1. The quantitative estimate of drug-likeness (QED) is 0.234. The van der Waals surface area contributed by atoms with Crippen LogP contribution in [0.3, 0.4) is 0 Å². The fourth-order valence-electron chi connectivity index (χ4n) is 3.24. The number of fused-ring (bicyclic) bond motifs is 1. The minimum atomic E-state index is -1.41. The van der Waals surface area contributed by atoms with Gasteiger partial charge in [0.05, 0.1) is 29.9 Å². The predicted octanol–water partition coefficient (Wildman–Crippen LogP) is 0.957. The zero-order valence-corrected chi connectivity index (χ0v) is 18.9. The smallest absolute Gasteiger partial charge is 0.276 e. The molecule has 0 aliphatic heterocycles. The van der Waals surface area contributed by atoms with Crippen molar-refractivity contribution in [2.45, 2.75) is 6.17 Å². The summed E-state index contributed by atoms with van der Waals surface area (Å²) < 4.78 is 27.5. The molecule has 0 aliphatic carbocycles. The van der Waals surface area contributed by atoms with E-state index in [1.807, 2.05) is 0 Å². The molecule has 4 N–H and O–H groups in total. The minimum Gasteiger partial charge on any atom is -0.490 e. The maximum atomic E-state index is 14.5. The number of nitrogens with two attached hydrogens (primary N) is 1. The van der Waals surface area contributed by atoms with Gasteiger partial charge in [-0.3, -0.25) is 34.7 Å². The highest BCUT2D eigenvalue weighted by Gasteiger charge is 2.19. The lowest BCUT2D eigenvalue weighted by Gasteiger charge is -2.16. The Morgan fingerprint density at radius 1 is 1.20 bits per heavy atom. The van der Waals surface area contributed by atoms with E-state index in [0.29, 0.717) is 29.0 Å². The fraction of sp³-hybridized carbons (Fsp3) is 0.227. The highest BCUT2D eigenvalue weighted by atomic mass is 19.1. The maximum Gasteiger partial charge on any atom is 0.276 e. The number of anilines is 1. The molecule has 0 radical (unpaired) electrons. The number of ether oxygens (including phenoxy) is 2. The number of hydrogen-bond acceptors (Lipinski definition) is 9. The van der Waals surface area contributed by atoms with Crippen molar-refractivity contribution in [2.24, 2.45) is 12.8 Å². The molecule has 0 saturated carbocycles. The molecule has 13 heteroatoms. The van der Waals surface area contributed by atoms with E-state index in [9.17, 15) is 14.0 Å². The van der Waals surface area contributed by atoms with Crippen molar-refractivity contribution in [2.75, 3.05) is 25.7 Å². The van der Waals surface area contributed by atoms with E-state index >= 15 is 0 Å². The van der Waals surface area contributed by atoms with E-state index < -0.39 is 23.4 Å². The van der Waals surface area contributed by atoms with Gasteiger partial charge in [0.1, 0.15) is 12.4 Å². The number of carbonyl (C=O) groups excluding carboxylic acids is 1. The van der Waals surface area contributed by atoms with Crippen LogP contribution in [-0.2, 0) is 16.6 Å². The first-order valence-corrected chi connectivity index (χ1v) is 10.5. The van der Waals surface area contributed by atoms with Crippen LogP contribution < -0.4 is 26.9 Å². The number of amides is 1. The van der Waals surface area contributed by atoms with Gasteiger partial charge in [-0.2, -0.15) is 5.10 Å². The first-order valence-electron chi connectivity index (χ1n) is 10.5. The highest BCUT2D eigenvalue weighted by Crippen LogP contribution is 2.21. The molecule has 0 aliphatic rings. The van der Waals surface area contributed by atoms with Crippen molar-refractivity contribution in [3.05, 3.63) is 65.4 Å². The maximum absolute atomic E-state index is 14.5. The average Bonchev–Trinajstić information content (AvgIpc) is 3.29. The molecule has 0 bridgehead atoms. The van der Waals surface area contributed by atoms with Crippen LogP contribution in [0.4, 0.5) is 10.2 Å². The number of nitrogens with one attached hydrogen (secondary N) is 2. The molecular formula is C22H23FN8O4. The van der Waals surface area contributed by atoms with Crippen molar-refractivity contribution < 1.29 is 18.7 Å². The van der Waals surface area contributed by atoms with Crippen molar-refractivity contribution >= 4 is 22.6 Å². The van der Waals surface area contributed by atoms with Crippen LogP contribution in [0, 0.1) is 5.82 Å². The number of pyridine rings is 3. The van der Waals surface area contributed by atoms with Gasteiger partial charge in [0, 0.05) is 43.9 Å². The monoisotopic (exact) mass is 482 g/mol. The summed E-state index contributed by atoms with van der Waals surface area (Å²) in [6, 6.07) is 4.32. The molecule has 12 nitrogen and oxygen atoms in total. The lowest BCUT2D eigenvalue weighted by atomic mass is 10.1. The van der Waals surface area contributed by atoms with Crippen LogP contribution in [-0.4, -0.2) is 50.5 Å². The molecule has 0 spiro atoms. The molecule has 0 unspecified atom stereocenters. The number of aryl methyl sites for hydroxylation is 1. The van der Waals surface area contributed by atoms with Crippen LogP contribution >= 0.6 is 0 Å². The first kappa shape index (κ1) is 23.8. The zero-order valence-electron chi connectivity index (χ0n) is 18.9. The summed E-state index contributed by atoms with van der Waals surface area (Å²) in [5.74, 6) is -1.33. The van der Waals surface area contributed by atoms with Gasteiger partial charge >= 0.3 is 0 Å². The van der Waals surface area contributed by atoms with Gasteiger partial charge in [0.25, 0.3) is 11.5 Å².